The van der Waals surface area contributed by atoms with Crippen LogP contribution >= 0.6 is 0 Å². The van der Waals surface area contributed by atoms with Crippen molar-refractivity contribution in [3.8, 4) is 17.3 Å². The highest BCUT2D eigenvalue weighted by atomic mass is 16.5. The summed E-state index contributed by atoms with van der Waals surface area (Å²) in [5.41, 5.74) is 10.6. The van der Waals surface area contributed by atoms with Crippen LogP contribution in [0.2, 0.25) is 0 Å². The van der Waals surface area contributed by atoms with Gasteiger partial charge in [-0.1, -0.05) is 92.6 Å². The fourth-order valence-electron chi connectivity index (χ4n) is 7.72. The van der Waals surface area contributed by atoms with E-state index in [1.165, 1.54) is 11.1 Å². The van der Waals surface area contributed by atoms with E-state index in [1.807, 2.05) is 19.2 Å². The molecule has 7 aromatic rings. The average Bonchev–Trinajstić information content (AvgIpc) is 3.69. The molecule has 0 fully saturated rings. The lowest BCUT2D eigenvalue weighted by atomic mass is 9.86. The summed E-state index contributed by atoms with van der Waals surface area (Å²) < 4.78 is 33.8. The molecule has 0 aliphatic carbocycles. The Hall–Kier alpha value is -5.55. The lowest BCUT2D eigenvalue weighted by Crippen LogP contribution is -2.24. The Morgan fingerprint density at radius 3 is 1.98 bits per heavy atom. The van der Waals surface area contributed by atoms with Gasteiger partial charge in [0, 0.05) is 44.6 Å². The smallest absolute Gasteiger partial charge is 0.137 e. The van der Waals surface area contributed by atoms with E-state index in [1.54, 1.807) is 6.07 Å². The maximum absolute atomic E-state index is 8.21. The molecule has 0 unspecified atom stereocenters. The van der Waals surface area contributed by atoms with Crippen LogP contribution in [0.1, 0.15) is 94.2 Å². The second kappa shape index (κ2) is 13.0. The largest absolute Gasteiger partial charge is 0.457 e. The highest BCUT2D eigenvalue weighted by Gasteiger charge is 2.31. The van der Waals surface area contributed by atoms with Gasteiger partial charge in [0.05, 0.1) is 22.4 Å². The quantitative estimate of drug-likeness (QED) is 0.177. The molecule has 0 atom stereocenters. The van der Waals surface area contributed by atoms with Crippen LogP contribution in [0.15, 0.2) is 115 Å². The van der Waals surface area contributed by atoms with Crippen molar-refractivity contribution in [1.29, 1.82) is 0 Å². The topological polar surface area (TPSA) is 33.5 Å². The minimum atomic E-state index is -2.21. The van der Waals surface area contributed by atoms with Gasteiger partial charge in [0.15, 0.2) is 0 Å². The molecule has 1 aliphatic heterocycles. The number of aryl methyl sites for hydroxylation is 2. The number of aromatic nitrogens is 2. The highest BCUT2D eigenvalue weighted by molar-refractivity contribution is 6.09. The van der Waals surface area contributed by atoms with Gasteiger partial charge in [0.1, 0.15) is 24.0 Å². The molecule has 8 rings (SSSR count). The maximum atomic E-state index is 8.21. The Morgan fingerprint density at radius 1 is 0.564 bits per heavy atom. The van der Waals surface area contributed by atoms with E-state index < -0.39 is 6.85 Å². The number of hydrogen-bond donors (Lipinski definition) is 0. The summed E-state index contributed by atoms with van der Waals surface area (Å²) in [6, 6.07) is 38.0. The molecule has 0 N–H and O–H groups in total. The van der Waals surface area contributed by atoms with Crippen molar-refractivity contribution < 1.29 is 8.85 Å². The van der Waals surface area contributed by atoms with Crippen LogP contribution in [0.25, 0.3) is 27.6 Å². The zero-order chi connectivity index (χ0) is 41.5. The third kappa shape index (κ3) is 6.86. The van der Waals surface area contributed by atoms with E-state index in [2.05, 4.69) is 174 Å². The lowest BCUT2D eigenvalue weighted by Gasteiger charge is -2.26. The fourth-order valence-corrected chi connectivity index (χ4v) is 7.72. The molecule has 3 heterocycles. The standard InChI is InChI=1S/C50H54N4O/c1-32-22-33(2)24-37(23-32)53-31-52(44-19-16-34(27-46(44)53)48(3,4)5)38-25-36(50(9,10)11)26-40(29-38)55-39-17-18-42-41-14-12-13-15-43(41)54(45(42)30-39)47-28-35(20-21-51-47)49(6,7)8/h12-30H,31H2,1-11H3/i1D3. The van der Waals surface area contributed by atoms with Crippen molar-refractivity contribution in [3.63, 3.8) is 0 Å². The summed E-state index contributed by atoms with van der Waals surface area (Å²) in [6.07, 6.45) is 1.91. The van der Waals surface area contributed by atoms with Crippen LogP contribution in [0.4, 0.5) is 22.7 Å². The molecule has 5 heteroatoms. The third-order valence-electron chi connectivity index (χ3n) is 10.9. The van der Waals surface area contributed by atoms with Gasteiger partial charge in [-0.05, 0) is 125 Å². The van der Waals surface area contributed by atoms with Crippen LogP contribution in [0.5, 0.6) is 11.5 Å². The van der Waals surface area contributed by atoms with Crippen molar-refractivity contribution in [1.82, 2.24) is 9.55 Å². The number of anilines is 4. The Kier molecular flexibility index (Phi) is 7.79. The summed E-state index contributed by atoms with van der Waals surface area (Å²) >= 11 is 0. The molecule has 1 aliphatic rings. The van der Waals surface area contributed by atoms with Crippen LogP contribution in [-0.2, 0) is 16.2 Å². The average molecular weight is 730 g/mol. The Labute approximate surface area is 331 Å². The zero-order valence-corrected chi connectivity index (χ0v) is 33.9. The predicted molar refractivity (Wildman–Crippen MR) is 233 cm³/mol. The molecule has 0 bridgehead atoms. The van der Waals surface area contributed by atoms with Crippen LogP contribution in [-0.4, -0.2) is 16.2 Å². The zero-order valence-electron chi connectivity index (χ0n) is 36.9. The molecular weight excluding hydrogens is 673 g/mol. The molecule has 0 saturated carbocycles. The van der Waals surface area contributed by atoms with E-state index in [0.717, 1.165) is 73.0 Å². The summed E-state index contributed by atoms with van der Waals surface area (Å²) in [5, 5.41) is 2.30. The number of nitrogens with zero attached hydrogens (tertiary/aromatic N) is 4. The molecule has 2 aromatic heterocycles. The minimum absolute atomic E-state index is 0.0248. The first kappa shape index (κ1) is 32.8. The lowest BCUT2D eigenvalue weighted by molar-refractivity contribution is 0.479. The van der Waals surface area contributed by atoms with Gasteiger partial charge >= 0.3 is 0 Å². The first-order valence-corrected chi connectivity index (χ1v) is 19.3. The molecule has 0 radical (unpaired) electrons. The van der Waals surface area contributed by atoms with E-state index in [-0.39, 0.29) is 16.2 Å². The molecule has 280 valence electrons. The predicted octanol–water partition coefficient (Wildman–Crippen LogP) is 13.7. The molecule has 0 spiro atoms. The fraction of sp³-hybridized carbons (Fsp3) is 0.300. The summed E-state index contributed by atoms with van der Waals surface area (Å²) in [7, 11) is 0. The Balaban J connectivity index is 1.24. The number of fused-ring (bicyclic) bond motifs is 4. The third-order valence-corrected chi connectivity index (χ3v) is 10.9. The minimum Gasteiger partial charge on any atom is -0.457 e. The number of ether oxygens (including phenoxy) is 1. The normalized spacial score (nSPS) is 14.6. The first-order chi connectivity index (χ1) is 27.1. The van der Waals surface area contributed by atoms with Gasteiger partial charge in [-0.2, -0.15) is 0 Å². The summed E-state index contributed by atoms with van der Waals surface area (Å²) in [5.74, 6) is 2.35. The number of hydrogen-bond acceptors (Lipinski definition) is 4. The van der Waals surface area contributed by atoms with Gasteiger partial charge < -0.3 is 14.5 Å². The van der Waals surface area contributed by atoms with Crippen molar-refractivity contribution in [2.45, 2.75) is 92.3 Å². The molecule has 0 amide bonds. The van der Waals surface area contributed by atoms with Gasteiger partial charge in [0.25, 0.3) is 0 Å². The maximum Gasteiger partial charge on any atom is 0.137 e. The summed E-state index contributed by atoms with van der Waals surface area (Å²) in [6.45, 7) is 20.3. The molecule has 5 aromatic carbocycles. The van der Waals surface area contributed by atoms with Crippen molar-refractivity contribution in [2.75, 3.05) is 16.5 Å². The van der Waals surface area contributed by atoms with Crippen LogP contribution in [0, 0.1) is 13.8 Å². The first-order valence-electron chi connectivity index (χ1n) is 20.8. The summed E-state index contributed by atoms with van der Waals surface area (Å²) in [4.78, 5) is 9.43. The van der Waals surface area contributed by atoms with Crippen LogP contribution in [0.3, 0.4) is 0 Å². The number of rotatable bonds is 5. The second-order valence-electron chi connectivity index (χ2n) is 18.3. The molecule has 5 nitrogen and oxygen atoms in total. The second-order valence-corrected chi connectivity index (χ2v) is 18.3. The number of benzene rings is 5. The van der Waals surface area contributed by atoms with Crippen LogP contribution < -0.4 is 14.5 Å². The molecular formula is C50H54N4O. The monoisotopic (exact) mass is 729 g/mol. The Bertz CT molecular complexity index is 2710. The van der Waals surface area contributed by atoms with Gasteiger partial charge in [-0.25, -0.2) is 4.98 Å². The van der Waals surface area contributed by atoms with Gasteiger partial charge in [0.2, 0.25) is 0 Å². The van der Waals surface area contributed by atoms with E-state index in [0.29, 0.717) is 12.2 Å². The van der Waals surface area contributed by atoms with E-state index in [9.17, 15) is 0 Å². The molecule has 55 heavy (non-hydrogen) atoms. The van der Waals surface area contributed by atoms with Crippen molar-refractivity contribution in [3.05, 3.63) is 143 Å². The van der Waals surface area contributed by atoms with Crippen molar-refractivity contribution in [2.24, 2.45) is 0 Å². The van der Waals surface area contributed by atoms with E-state index in [4.69, 9.17) is 13.8 Å². The SMILES string of the molecule is [2H]C([2H])([2H])c1cc(C)cc(N2CN(c3cc(Oc4ccc5c6ccccc6n(-c6cc(C(C)(C)C)ccn6)c5c4)cc(C(C)(C)C)c3)c3ccc(C(C)(C)C)cc32)c1. The molecule has 0 saturated heterocycles. The van der Waals surface area contributed by atoms with Gasteiger partial charge in [-0.3, -0.25) is 4.57 Å². The number of para-hydroxylation sites is 1. The number of pyridine rings is 1. The van der Waals surface area contributed by atoms with E-state index >= 15 is 0 Å². The highest BCUT2D eigenvalue weighted by Crippen LogP contribution is 2.48. The van der Waals surface area contributed by atoms with Crippen molar-refractivity contribution >= 4 is 44.6 Å². The van der Waals surface area contributed by atoms with Gasteiger partial charge in [-0.15, -0.1) is 0 Å². The Morgan fingerprint density at radius 2 is 1.24 bits per heavy atom.